The van der Waals surface area contributed by atoms with E-state index in [9.17, 15) is 9.59 Å². The van der Waals surface area contributed by atoms with E-state index in [0.29, 0.717) is 34.1 Å². The summed E-state index contributed by atoms with van der Waals surface area (Å²) in [6.07, 6.45) is 1.45. The second-order valence-corrected chi connectivity index (χ2v) is 9.22. The van der Waals surface area contributed by atoms with E-state index in [1.54, 1.807) is 36.4 Å². The lowest BCUT2D eigenvalue weighted by molar-refractivity contribution is -0.123. The fourth-order valence-electron chi connectivity index (χ4n) is 3.44. The van der Waals surface area contributed by atoms with Gasteiger partial charge in [-0.1, -0.05) is 32.9 Å². The van der Waals surface area contributed by atoms with Gasteiger partial charge in [-0.15, -0.1) is 0 Å². The van der Waals surface area contributed by atoms with Crippen molar-refractivity contribution in [3.8, 4) is 28.7 Å². The summed E-state index contributed by atoms with van der Waals surface area (Å²) < 4.78 is 26.9. The minimum atomic E-state index is -0.571. The van der Waals surface area contributed by atoms with Crippen molar-refractivity contribution in [2.45, 2.75) is 26.2 Å². The Morgan fingerprint density at radius 2 is 1.73 bits per heavy atom. The average Bonchev–Trinajstić information content (AvgIpc) is 3.36. The molecule has 1 heterocycles. The van der Waals surface area contributed by atoms with E-state index in [1.807, 2.05) is 24.3 Å². The zero-order valence-electron chi connectivity index (χ0n) is 21.1. The summed E-state index contributed by atoms with van der Waals surface area (Å²) in [7, 11) is 1.46. The Balaban J connectivity index is 1.30. The molecule has 0 spiro atoms. The first kappa shape index (κ1) is 25.6. The van der Waals surface area contributed by atoms with E-state index < -0.39 is 11.9 Å². The highest BCUT2D eigenvalue weighted by Crippen LogP contribution is 2.34. The van der Waals surface area contributed by atoms with Crippen molar-refractivity contribution in [3.05, 3.63) is 77.4 Å². The number of hydrazone groups is 1. The predicted molar refractivity (Wildman–Crippen MR) is 137 cm³/mol. The van der Waals surface area contributed by atoms with Gasteiger partial charge in [0, 0.05) is 0 Å². The maximum absolute atomic E-state index is 12.6. The maximum Gasteiger partial charge on any atom is 0.343 e. The fourth-order valence-corrected chi connectivity index (χ4v) is 3.44. The predicted octanol–water partition coefficient (Wildman–Crippen LogP) is 4.47. The van der Waals surface area contributed by atoms with E-state index in [2.05, 4.69) is 31.3 Å². The van der Waals surface area contributed by atoms with Crippen molar-refractivity contribution >= 4 is 18.1 Å². The van der Waals surface area contributed by atoms with Crippen LogP contribution >= 0.6 is 0 Å². The Labute approximate surface area is 214 Å². The second kappa shape index (κ2) is 11.0. The van der Waals surface area contributed by atoms with Gasteiger partial charge in [0.05, 0.1) is 18.9 Å². The molecule has 0 saturated heterocycles. The fraction of sp³-hybridized carbons (Fsp3) is 0.250. The molecule has 9 heteroatoms. The Morgan fingerprint density at radius 3 is 2.46 bits per heavy atom. The molecule has 4 rings (SSSR count). The number of ether oxygens (including phenoxy) is 5. The van der Waals surface area contributed by atoms with Gasteiger partial charge in [-0.25, -0.2) is 10.2 Å². The molecule has 1 N–H and O–H groups in total. The molecule has 0 unspecified atom stereocenters. The quantitative estimate of drug-likeness (QED) is 0.209. The van der Waals surface area contributed by atoms with Crippen LogP contribution in [0, 0.1) is 0 Å². The first-order valence-electron chi connectivity index (χ1n) is 11.6. The molecule has 9 nitrogen and oxygen atoms in total. The van der Waals surface area contributed by atoms with E-state index >= 15 is 0 Å². The highest BCUT2D eigenvalue weighted by atomic mass is 16.7. The number of methoxy groups -OCH3 is 1. The Kier molecular flexibility index (Phi) is 7.62. The van der Waals surface area contributed by atoms with Crippen molar-refractivity contribution in [1.82, 2.24) is 5.43 Å². The molecule has 1 aliphatic heterocycles. The summed E-state index contributed by atoms with van der Waals surface area (Å²) in [6.45, 7) is 6.33. The summed E-state index contributed by atoms with van der Waals surface area (Å²) in [6, 6.07) is 17.3. The van der Waals surface area contributed by atoms with Crippen LogP contribution in [-0.2, 0) is 10.2 Å². The van der Waals surface area contributed by atoms with Gasteiger partial charge in [0.25, 0.3) is 5.91 Å². The van der Waals surface area contributed by atoms with Gasteiger partial charge in [-0.3, -0.25) is 4.79 Å². The number of esters is 1. The highest BCUT2D eigenvalue weighted by molar-refractivity contribution is 5.92. The highest BCUT2D eigenvalue weighted by Gasteiger charge is 2.19. The van der Waals surface area contributed by atoms with Gasteiger partial charge >= 0.3 is 5.97 Å². The molecular weight excluding hydrogens is 476 g/mol. The first-order valence-corrected chi connectivity index (χ1v) is 11.6. The summed E-state index contributed by atoms with van der Waals surface area (Å²) in [5.41, 5.74) is 4.58. The van der Waals surface area contributed by atoms with Gasteiger partial charge in [0.2, 0.25) is 6.79 Å². The molecular formula is C28H28N2O7. The van der Waals surface area contributed by atoms with E-state index in [0.717, 1.165) is 0 Å². The number of fused-ring (bicyclic) bond motifs is 1. The van der Waals surface area contributed by atoms with E-state index in [1.165, 1.54) is 18.9 Å². The Hall–Kier alpha value is -4.53. The van der Waals surface area contributed by atoms with E-state index in [4.69, 9.17) is 23.7 Å². The summed E-state index contributed by atoms with van der Waals surface area (Å²) >= 11 is 0. The molecule has 0 atom stereocenters. The average molecular weight is 505 g/mol. The zero-order valence-corrected chi connectivity index (χ0v) is 21.1. The molecule has 0 aromatic heterocycles. The zero-order chi connectivity index (χ0) is 26.4. The maximum atomic E-state index is 12.6. The van der Waals surface area contributed by atoms with Crippen LogP contribution in [0.1, 0.15) is 42.3 Å². The summed E-state index contributed by atoms with van der Waals surface area (Å²) in [5, 5.41) is 3.95. The van der Waals surface area contributed by atoms with Gasteiger partial charge in [0.1, 0.15) is 5.75 Å². The Bertz CT molecular complexity index is 1310. The number of carbonyl (C=O) groups is 2. The topological polar surface area (TPSA) is 105 Å². The molecule has 3 aromatic carbocycles. The van der Waals surface area contributed by atoms with Crippen molar-refractivity contribution in [2.75, 3.05) is 20.5 Å². The van der Waals surface area contributed by atoms with Crippen LogP contribution in [0.3, 0.4) is 0 Å². The van der Waals surface area contributed by atoms with Crippen LogP contribution in [0.5, 0.6) is 28.7 Å². The molecule has 3 aromatic rings. The van der Waals surface area contributed by atoms with Gasteiger partial charge < -0.3 is 23.7 Å². The van der Waals surface area contributed by atoms with Crippen LogP contribution < -0.4 is 29.1 Å². The number of nitrogens with zero attached hydrogens (tertiary/aromatic N) is 1. The van der Waals surface area contributed by atoms with Crippen molar-refractivity contribution in [3.63, 3.8) is 0 Å². The van der Waals surface area contributed by atoms with Crippen LogP contribution in [0.15, 0.2) is 65.8 Å². The van der Waals surface area contributed by atoms with Crippen LogP contribution in [0.4, 0.5) is 0 Å². The minimum Gasteiger partial charge on any atom is -0.493 e. The first-order chi connectivity index (χ1) is 17.7. The standard InChI is InChI=1S/C28H28N2O7/c1-28(2,3)20-7-9-21(10-8-20)34-16-26(31)30-29-15-18-5-11-23(24(13-18)33-4)37-27(32)19-6-12-22-25(14-19)36-17-35-22/h5-15H,16-17H2,1-4H3,(H,30,31)/b29-15-. The lowest BCUT2D eigenvalue weighted by Crippen LogP contribution is -2.24. The van der Waals surface area contributed by atoms with Crippen molar-refractivity contribution in [1.29, 1.82) is 0 Å². The summed E-state index contributed by atoms with van der Waals surface area (Å²) in [4.78, 5) is 24.7. The number of hydrogen-bond donors (Lipinski definition) is 1. The van der Waals surface area contributed by atoms with Crippen LogP contribution in [0.25, 0.3) is 0 Å². The summed E-state index contributed by atoms with van der Waals surface area (Å²) in [5.74, 6) is 1.24. The van der Waals surface area contributed by atoms with Crippen molar-refractivity contribution < 1.29 is 33.3 Å². The number of amides is 1. The molecule has 0 radical (unpaired) electrons. The number of benzene rings is 3. The van der Waals surface area contributed by atoms with Gasteiger partial charge in [-0.2, -0.15) is 5.10 Å². The monoisotopic (exact) mass is 504 g/mol. The molecule has 0 fully saturated rings. The third-order valence-corrected chi connectivity index (χ3v) is 5.49. The van der Waals surface area contributed by atoms with Crippen LogP contribution in [0.2, 0.25) is 0 Å². The molecule has 37 heavy (non-hydrogen) atoms. The molecule has 1 aliphatic rings. The largest absolute Gasteiger partial charge is 0.493 e. The number of hydrogen-bond acceptors (Lipinski definition) is 8. The molecule has 0 bridgehead atoms. The molecule has 1 amide bonds. The van der Waals surface area contributed by atoms with E-state index in [-0.39, 0.29) is 24.6 Å². The van der Waals surface area contributed by atoms with Crippen molar-refractivity contribution in [2.24, 2.45) is 5.10 Å². The number of carbonyl (C=O) groups excluding carboxylic acids is 2. The molecule has 192 valence electrons. The Morgan fingerprint density at radius 1 is 0.973 bits per heavy atom. The molecule has 0 saturated carbocycles. The number of rotatable bonds is 8. The van der Waals surface area contributed by atoms with Gasteiger partial charge in [-0.05, 0) is 65.1 Å². The lowest BCUT2D eigenvalue weighted by atomic mass is 9.87. The van der Waals surface area contributed by atoms with Gasteiger partial charge in [0.15, 0.2) is 29.6 Å². The SMILES string of the molecule is COc1cc(/C=N\NC(=O)COc2ccc(C(C)(C)C)cc2)ccc1OC(=O)c1ccc2c(c1)OCO2. The van der Waals surface area contributed by atoms with Crippen LogP contribution in [-0.4, -0.2) is 38.6 Å². The minimum absolute atomic E-state index is 0.0420. The molecule has 0 aliphatic carbocycles. The lowest BCUT2D eigenvalue weighted by Gasteiger charge is -2.19. The normalized spacial score (nSPS) is 12.3. The third kappa shape index (κ3) is 6.58. The third-order valence-electron chi connectivity index (χ3n) is 5.49. The smallest absolute Gasteiger partial charge is 0.343 e. The number of nitrogens with one attached hydrogen (secondary N) is 1. The second-order valence-electron chi connectivity index (χ2n) is 9.22.